The number of fused-ring (bicyclic) bond motifs is 1. The maximum Gasteiger partial charge on any atom is 0.265 e. The van der Waals surface area contributed by atoms with Crippen LogP contribution in [0.4, 0.5) is 5.69 Å². The van der Waals surface area contributed by atoms with Gasteiger partial charge in [0.05, 0.1) is 12.2 Å². The molecule has 0 saturated heterocycles. The molecule has 0 aromatic heterocycles. The zero-order valence-electron chi connectivity index (χ0n) is 18.3. The smallest absolute Gasteiger partial charge is 0.265 e. The van der Waals surface area contributed by atoms with Crippen LogP contribution >= 0.6 is 24.0 Å². The molecule has 2 aromatic carbocycles. The first kappa shape index (κ1) is 24.8. The van der Waals surface area contributed by atoms with Crippen molar-refractivity contribution in [2.45, 2.75) is 13.3 Å². The number of rotatable bonds is 8. The number of likely N-dealkylation sites (N-methyl/N-ethyl adjacent to an activating group) is 1. The number of carbonyl (C=O) groups is 1. The largest absolute Gasteiger partial charge is 0.491 e. The summed E-state index contributed by atoms with van der Waals surface area (Å²) in [4.78, 5) is 20.4. The van der Waals surface area contributed by atoms with E-state index in [1.165, 1.54) is 0 Å². The van der Waals surface area contributed by atoms with E-state index in [0.29, 0.717) is 26.2 Å². The molecule has 0 fully saturated rings. The van der Waals surface area contributed by atoms with Crippen molar-refractivity contribution >= 4 is 41.5 Å². The fraction of sp³-hybridized carbons (Fsp3) is 0.391. The van der Waals surface area contributed by atoms with Crippen LogP contribution in [0.25, 0.3) is 0 Å². The lowest BCUT2D eigenvalue weighted by atomic mass is 10.2. The molecule has 0 unspecified atom stereocenters. The predicted octanol–water partition coefficient (Wildman–Crippen LogP) is 3.31. The molecule has 0 atom stereocenters. The minimum Gasteiger partial charge on any atom is -0.491 e. The van der Waals surface area contributed by atoms with Crippen molar-refractivity contribution in [3.63, 3.8) is 0 Å². The Morgan fingerprint density at radius 2 is 1.97 bits per heavy atom. The average Bonchev–Trinajstić information content (AvgIpc) is 2.76. The van der Waals surface area contributed by atoms with Gasteiger partial charge in [-0.3, -0.25) is 9.79 Å². The number of aliphatic imine (C=N–C) groups is 1. The van der Waals surface area contributed by atoms with Gasteiger partial charge in [-0.1, -0.05) is 30.3 Å². The van der Waals surface area contributed by atoms with Crippen LogP contribution < -0.4 is 19.7 Å². The number of nitrogens with zero attached hydrogens (tertiary/aromatic N) is 3. The number of benzene rings is 2. The molecule has 1 amide bonds. The molecular weight excluding hydrogens is 507 g/mol. The second-order valence-electron chi connectivity index (χ2n) is 7.16. The molecule has 0 spiro atoms. The number of ether oxygens (including phenoxy) is 2. The summed E-state index contributed by atoms with van der Waals surface area (Å²) < 4.78 is 11.4. The van der Waals surface area contributed by atoms with E-state index in [9.17, 15) is 4.79 Å². The Balaban J connectivity index is 0.00000341. The van der Waals surface area contributed by atoms with Crippen LogP contribution in [-0.4, -0.2) is 63.7 Å². The standard InChI is InChI=1S/C23H30N4O3.HI/c1-18-9-4-6-11-20(18)29-16-15-26(3)23(24-2)25-13-8-14-27-19-10-5-7-12-21(19)30-17-22(27)28;/h4-7,9-12H,8,13-17H2,1-3H3,(H,24,25);1H. The van der Waals surface area contributed by atoms with Gasteiger partial charge >= 0.3 is 0 Å². The second-order valence-corrected chi connectivity index (χ2v) is 7.16. The molecule has 0 bridgehead atoms. The molecule has 8 heteroatoms. The summed E-state index contributed by atoms with van der Waals surface area (Å²) in [6, 6.07) is 15.6. The number of para-hydroxylation sites is 3. The van der Waals surface area contributed by atoms with Gasteiger partial charge in [-0.2, -0.15) is 0 Å². The third-order valence-electron chi connectivity index (χ3n) is 5.00. The van der Waals surface area contributed by atoms with Gasteiger partial charge in [-0.05, 0) is 37.1 Å². The molecule has 0 aliphatic carbocycles. The van der Waals surface area contributed by atoms with Gasteiger partial charge in [0.2, 0.25) is 0 Å². The Morgan fingerprint density at radius 1 is 1.23 bits per heavy atom. The summed E-state index contributed by atoms with van der Waals surface area (Å²) in [7, 11) is 3.75. The first-order valence-electron chi connectivity index (χ1n) is 10.2. The minimum absolute atomic E-state index is 0. The first-order valence-corrected chi connectivity index (χ1v) is 10.2. The number of guanidine groups is 1. The zero-order chi connectivity index (χ0) is 21.3. The monoisotopic (exact) mass is 538 g/mol. The number of aryl methyl sites for hydroxylation is 1. The lowest BCUT2D eigenvalue weighted by Crippen LogP contribution is -2.43. The Hall–Kier alpha value is -2.49. The van der Waals surface area contributed by atoms with Crippen molar-refractivity contribution in [2.75, 3.05) is 51.8 Å². The van der Waals surface area contributed by atoms with Crippen LogP contribution in [0.5, 0.6) is 11.5 Å². The second kappa shape index (κ2) is 12.4. The van der Waals surface area contributed by atoms with Gasteiger partial charge in [0.1, 0.15) is 18.1 Å². The molecular formula is C23H31IN4O3. The van der Waals surface area contributed by atoms with Crippen molar-refractivity contribution in [1.82, 2.24) is 10.2 Å². The lowest BCUT2D eigenvalue weighted by molar-refractivity contribution is -0.121. The summed E-state index contributed by atoms with van der Waals surface area (Å²) in [5.74, 6) is 2.46. The van der Waals surface area contributed by atoms with Gasteiger partial charge in [0.15, 0.2) is 12.6 Å². The molecule has 0 saturated carbocycles. The molecule has 1 aliphatic rings. The summed E-state index contributed by atoms with van der Waals surface area (Å²) in [5.41, 5.74) is 1.96. The fourth-order valence-electron chi connectivity index (χ4n) is 3.34. The molecule has 0 radical (unpaired) electrons. The predicted molar refractivity (Wildman–Crippen MR) is 135 cm³/mol. The molecule has 168 valence electrons. The van der Waals surface area contributed by atoms with E-state index < -0.39 is 0 Å². The van der Waals surface area contributed by atoms with E-state index in [2.05, 4.69) is 10.3 Å². The van der Waals surface area contributed by atoms with Gasteiger partial charge in [-0.25, -0.2) is 0 Å². The highest BCUT2D eigenvalue weighted by atomic mass is 127. The molecule has 2 aromatic rings. The van der Waals surface area contributed by atoms with Crippen LogP contribution in [0.2, 0.25) is 0 Å². The summed E-state index contributed by atoms with van der Waals surface area (Å²) in [6.07, 6.45) is 0.798. The maximum absolute atomic E-state index is 12.2. The van der Waals surface area contributed by atoms with Crippen LogP contribution in [0.15, 0.2) is 53.5 Å². The summed E-state index contributed by atoms with van der Waals surface area (Å²) in [6.45, 7) is 4.75. The number of halogens is 1. The van der Waals surface area contributed by atoms with E-state index in [-0.39, 0.29) is 36.5 Å². The summed E-state index contributed by atoms with van der Waals surface area (Å²) in [5, 5.41) is 3.36. The van der Waals surface area contributed by atoms with Crippen molar-refractivity contribution in [1.29, 1.82) is 0 Å². The van der Waals surface area contributed by atoms with Gasteiger partial charge in [0.25, 0.3) is 5.91 Å². The van der Waals surface area contributed by atoms with Crippen LogP contribution in [-0.2, 0) is 4.79 Å². The number of nitrogens with one attached hydrogen (secondary N) is 1. The quantitative estimate of drug-likeness (QED) is 0.242. The molecule has 1 aliphatic heterocycles. The maximum atomic E-state index is 12.2. The van der Waals surface area contributed by atoms with Crippen LogP contribution in [0.1, 0.15) is 12.0 Å². The van der Waals surface area contributed by atoms with E-state index in [0.717, 1.165) is 35.1 Å². The minimum atomic E-state index is -0.0106. The molecule has 1 heterocycles. The Labute approximate surface area is 201 Å². The Bertz CT molecular complexity index is 891. The zero-order valence-corrected chi connectivity index (χ0v) is 20.7. The third-order valence-corrected chi connectivity index (χ3v) is 5.00. The van der Waals surface area contributed by atoms with Crippen molar-refractivity contribution in [3.05, 3.63) is 54.1 Å². The Kier molecular flexibility index (Phi) is 9.90. The third kappa shape index (κ3) is 6.75. The molecule has 7 nitrogen and oxygen atoms in total. The Morgan fingerprint density at radius 3 is 2.74 bits per heavy atom. The van der Waals surface area contributed by atoms with E-state index in [1.807, 2.05) is 67.4 Å². The lowest BCUT2D eigenvalue weighted by Gasteiger charge is -2.29. The van der Waals surface area contributed by atoms with Gasteiger partial charge in [0, 0.05) is 27.2 Å². The highest BCUT2D eigenvalue weighted by Gasteiger charge is 2.24. The SMILES string of the molecule is CN=C(NCCCN1C(=O)COc2ccccc21)N(C)CCOc1ccccc1C.I. The molecule has 31 heavy (non-hydrogen) atoms. The van der Waals surface area contributed by atoms with Crippen molar-refractivity contribution < 1.29 is 14.3 Å². The fourth-order valence-corrected chi connectivity index (χ4v) is 3.34. The highest BCUT2D eigenvalue weighted by molar-refractivity contribution is 14.0. The van der Waals surface area contributed by atoms with Crippen LogP contribution in [0.3, 0.4) is 0 Å². The van der Waals surface area contributed by atoms with E-state index >= 15 is 0 Å². The van der Waals surface area contributed by atoms with Gasteiger partial charge in [-0.15, -0.1) is 24.0 Å². The van der Waals surface area contributed by atoms with E-state index in [1.54, 1.807) is 11.9 Å². The number of hydrogen-bond donors (Lipinski definition) is 1. The highest BCUT2D eigenvalue weighted by Crippen LogP contribution is 2.31. The molecule has 3 rings (SSSR count). The average molecular weight is 538 g/mol. The van der Waals surface area contributed by atoms with Crippen molar-refractivity contribution in [3.8, 4) is 11.5 Å². The van der Waals surface area contributed by atoms with E-state index in [4.69, 9.17) is 9.47 Å². The normalized spacial score (nSPS) is 13.1. The number of anilines is 1. The number of amides is 1. The van der Waals surface area contributed by atoms with Gasteiger partial charge < -0.3 is 24.6 Å². The van der Waals surface area contributed by atoms with Crippen LogP contribution in [0, 0.1) is 6.92 Å². The molecule has 1 N–H and O–H groups in total. The number of hydrogen-bond acceptors (Lipinski definition) is 4. The number of carbonyl (C=O) groups excluding carboxylic acids is 1. The topological polar surface area (TPSA) is 66.4 Å². The summed E-state index contributed by atoms with van der Waals surface area (Å²) >= 11 is 0. The van der Waals surface area contributed by atoms with Crippen molar-refractivity contribution in [2.24, 2.45) is 4.99 Å². The first-order chi connectivity index (χ1) is 14.6.